The van der Waals surface area contributed by atoms with Crippen molar-refractivity contribution in [1.82, 2.24) is 0 Å². The molecule has 0 heterocycles. The Balaban J connectivity index is -0.000000178. The Morgan fingerprint density at radius 1 is 1.11 bits per heavy atom. The Kier molecular flexibility index (Phi) is 23.2. The third kappa shape index (κ3) is 14.5. The summed E-state index contributed by atoms with van der Waals surface area (Å²) in [5, 5.41) is 7.81. The number of rotatable bonds is 1. The van der Waals surface area contributed by atoms with Crippen molar-refractivity contribution < 1.29 is 25.1 Å². The quantitative estimate of drug-likeness (QED) is 0.320. The van der Waals surface area contributed by atoms with Crippen LogP contribution in [-0.2, 0) is 26.4 Å². The van der Waals surface area contributed by atoms with Gasteiger partial charge in [0.25, 0.3) is 0 Å². The fourth-order valence-corrected chi connectivity index (χ4v) is 2.18. The normalized spacial score (nSPS) is 9.50. The van der Waals surface area contributed by atoms with Crippen LogP contribution in [-0.4, -0.2) is 22.1 Å². The fourth-order valence-electron chi connectivity index (χ4n) is 2.18. The molecule has 0 aliphatic heterocycles. The number of fused-ring (bicyclic) bond motifs is 3. The molecule has 0 fully saturated rings. The summed E-state index contributed by atoms with van der Waals surface area (Å²) >= 11 is 1.75. The minimum atomic E-state index is -0.250. The number of halogens is 2. The molecule has 0 atom stereocenters. The molecular formula is C23H35Cl2NOTi-4. The Morgan fingerprint density at radius 2 is 1.57 bits per heavy atom. The SMILES string of the molecule is CC(C)(C)[NH-].Cc1[c-]c2c(cc1)-c1ccccc1C2.Cl.Cl.[CH2-]CCO.[CH2]=[Ti].[CH3-]. The van der Waals surface area contributed by atoms with E-state index in [2.05, 4.69) is 61.1 Å². The molecule has 160 valence electrons. The van der Waals surface area contributed by atoms with Gasteiger partial charge in [0.15, 0.2) is 0 Å². The third-order valence-corrected chi connectivity index (χ3v) is 3.01. The second kappa shape index (κ2) is 18.5. The summed E-state index contributed by atoms with van der Waals surface area (Å²) in [5.74, 6) is 0. The van der Waals surface area contributed by atoms with Crippen molar-refractivity contribution in [2.45, 2.75) is 46.1 Å². The molecule has 3 rings (SSSR count). The molecule has 1 aliphatic rings. The zero-order chi connectivity index (χ0) is 19.5. The molecule has 5 heteroatoms. The number of aryl methyl sites for hydroxylation is 1. The first-order valence-corrected chi connectivity index (χ1v) is 9.47. The second-order valence-corrected chi connectivity index (χ2v) is 6.69. The maximum absolute atomic E-state index is 7.81. The van der Waals surface area contributed by atoms with Crippen molar-refractivity contribution in [3.8, 4) is 11.1 Å². The van der Waals surface area contributed by atoms with Crippen LogP contribution in [0.5, 0.6) is 0 Å². The van der Waals surface area contributed by atoms with E-state index in [1.807, 2.05) is 20.8 Å². The summed E-state index contributed by atoms with van der Waals surface area (Å²) in [5.41, 5.74) is 13.5. The fraction of sp³-hybridized carbons (Fsp3) is 0.348. The molecule has 0 saturated heterocycles. The Labute approximate surface area is 197 Å². The van der Waals surface area contributed by atoms with Crippen LogP contribution in [0.3, 0.4) is 0 Å². The summed E-state index contributed by atoms with van der Waals surface area (Å²) in [6.07, 6.45) is 1.67. The van der Waals surface area contributed by atoms with Crippen molar-refractivity contribution in [3.05, 3.63) is 79.2 Å². The Bertz CT molecular complexity index is 635. The van der Waals surface area contributed by atoms with Gasteiger partial charge in [-0.05, 0) is 6.42 Å². The van der Waals surface area contributed by atoms with E-state index in [4.69, 9.17) is 10.8 Å². The molecule has 0 saturated carbocycles. The van der Waals surface area contributed by atoms with Gasteiger partial charge in [-0.1, -0.05) is 63.1 Å². The molecular weight excluding hydrogens is 425 g/mol. The van der Waals surface area contributed by atoms with E-state index in [0.29, 0.717) is 6.42 Å². The van der Waals surface area contributed by atoms with Crippen LogP contribution in [0.1, 0.15) is 43.9 Å². The van der Waals surface area contributed by atoms with E-state index in [1.54, 1.807) is 20.0 Å². The average molecular weight is 460 g/mol. The number of aliphatic hydroxyl groups excluding tert-OH is 1. The van der Waals surface area contributed by atoms with Gasteiger partial charge in [0.1, 0.15) is 0 Å². The molecule has 0 bridgehead atoms. The first-order chi connectivity index (χ1) is 11.8. The van der Waals surface area contributed by atoms with Crippen LogP contribution in [0, 0.1) is 27.3 Å². The van der Waals surface area contributed by atoms with Crippen LogP contribution in [0.2, 0.25) is 0 Å². The van der Waals surface area contributed by atoms with Crippen molar-refractivity contribution in [3.63, 3.8) is 0 Å². The molecule has 2 aromatic rings. The first-order valence-electron chi connectivity index (χ1n) is 8.36. The summed E-state index contributed by atoms with van der Waals surface area (Å²) in [6, 6.07) is 16.4. The number of aliphatic hydroxyl groups is 1. The number of benzene rings is 2. The van der Waals surface area contributed by atoms with Gasteiger partial charge in [-0.25, -0.2) is 0 Å². The molecule has 0 amide bonds. The smallest absolute Gasteiger partial charge is 0.358 e. The summed E-state index contributed by atoms with van der Waals surface area (Å²) in [4.78, 5) is 3.25. The van der Waals surface area contributed by atoms with Crippen LogP contribution >= 0.6 is 24.8 Å². The molecule has 0 spiro atoms. The molecule has 0 unspecified atom stereocenters. The zero-order valence-corrected chi connectivity index (χ0v) is 21.0. The van der Waals surface area contributed by atoms with Crippen LogP contribution in [0.25, 0.3) is 16.9 Å². The van der Waals surface area contributed by atoms with Crippen molar-refractivity contribution >= 4 is 29.6 Å². The second-order valence-electron chi connectivity index (χ2n) is 6.69. The van der Waals surface area contributed by atoms with E-state index in [1.165, 1.54) is 27.8 Å². The Hall–Kier alpha value is -0.476. The van der Waals surface area contributed by atoms with E-state index in [9.17, 15) is 0 Å². The molecule has 0 radical (unpaired) electrons. The van der Waals surface area contributed by atoms with Gasteiger partial charge in [-0.3, -0.25) is 0 Å². The van der Waals surface area contributed by atoms with Gasteiger partial charge < -0.3 is 25.2 Å². The summed E-state index contributed by atoms with van der Waals surface area (Å²) in [6.45, 7) is 11.2. The van der Waals surface area contributed by atoms with Crippen molar-refractivity contribution in [1.29, 1.82) is 0 Å². The minimum Gasteiger partial charge on any atom is -0.358 e. The maximum atomic E-state index is 7.81. The molecule has 1 aliphatic carbocycles. The monoisotopic (exact) mass is 459 g/mol. The number of nitrogens with one attached hydrogen (secondary N) is 1. The Morgan fingerprint density at radius 3 is 2.04 bits per heavy atom. The third-order valence-electron chi connectivity index (χ3n) is 3.01. The largest absolute Gasteiger partial charge is 0.358 e. The standard InChI is InChI=1S/C14H11.C4H10N.C3H7O.CH3.CH2.2ClH.Ti/c1-10-6-7-14-12(8-10)9-11-4-2-3-5-13(11)14;1-4(2,3)5;1-2-3-4;;;;;/h2-7H,9H2,1H3;5H,1-3H3;4H,1-3H2;1H3;1H2;2*1H;/q4*-1;;;;. The zero-order valence-electron chi connectivity index (χ0n) is 17.8. The van der Waals surface area contributed by atoms with Crippen LogP contribution in [0.4, 0.5) is 0 Å². The van der Waals surface area contributed by atoms with Gasteiger partial charge in [0.05, 0.1) is 0 Å². The van der Waals surface area contributed by atoms with Gasteiger partial charge >= 0.3 is 24.8 Å². The predicted octanol–water partition coefficient (Wildman–Crippen LogP) is 6.67. The molecule has 2 aromatic carbocycles. The van der Waals surface area contributed by atoms with E-state index >= 15 is 0 Å². The summed E-state index contributed by atoms with van der Waals surface area (Å²) < 4.78 is 0. The van der Waals surface area contributed by atoms with Crippen molar-refractivity contribution in [2.24, 2.45) is 0 Å². The molecule has 0 aromatic heterocycles. The number of hydrogen-bond acceptors (Lipinski definition) is 1. The van der Waals surface area contributed by atoms with E-state index in [-0.39, 0.29) is 44.4 Å². The molecule has 28 heavy (non-hydrogen) atoms. The first kappa shape index (κ1) is 35.0. The predicted molar refractivity (Wildman–Crippen MR) is 127 cm³/mol. The van der Waals surface area contributed by atoms with Gasteiger partial charge in [-0.15, -0.1) is 41.5 Å². The maximum Gasteiger partial charge on any atom is -0.358 e. The summed E-state index contributed by atoms with van der Waals surface area (Å²) in [7, 11) is 0. The van der Waals surface area contributed by atoms with Crippen LogP contribution in [0.15, 0.2) is 36.4 Å². The van der Waals surface area contributed by atoms with Gasteiger partial charge in [0.2, 0.25) is 0 Å². The van der Waals surface area contributed by atoms with E-state index < -0.39 is 0 Å². The van der Waals surface area contributed by atoms with Gasteiger partial charge in [-0.2, -0.15) is 30.2 Å². The number of hydrogen-bond donors (Lipinski definition) is 1. The average Bonchev–Trinajstić information content (AvgIpc) is 2.92. The van der Waals surface area contributed by atoms with Gasteiger partial charge in [0, 0.05) is 6.61 Å². The van der Waals surface area contributed by atoms with Crippen LogP contribution < -0.4 is 0 Å². The van der Waals surface area contributed by atoms with Crippen molar-refractivity contribution in [2.75, 3.05) is 6.61 Å². The topological polar surface area (TPSA) is 44.0 Å². The molecule has 2 nitrogen and oxygen atoms in total. The van der Waals surface area contributed by atoms with E-state index in [0.717, 1.165) is 6.42 Å². The minimum absolute atomic E-state index is 0. The molecule has 2 N–H and O–H groups in total.